The predicted octanol–water partition coefficient (Wildman–Crippen LogP) is 8.18. The minimum Gasteiger partial charge on any atom is -0.474 e. The molecular formula is C25H50O5PS+. The van der Waals surface area contributed by atoms with Gasteiger partial charge in [-0.25, -0.2) is 4.79 Å². The highest BCUT2D eigenvalue weighted by atomic mass is 32.2. The van der Waals surface area contributed by atoms with Gasteiger partial charge in [0.25, 0.3) is 0 Å². The molecule has 0 aromatic rings. The molecule has 0 rings (SSSR count). The molecule has 5 nitrogen and oxygen atoms in total. The Kier molecular flexibility index (Phi) is 21.3. The van der Waals surface area contributed by atoms with Crippen LogP contribution in [0.2, 0.25) is 0 Å². The Morgan fingerprint density at radius 1 is 0.875 bits per heavy atom. The van der Waals surface area contributed by atoms with Crippen molar-refractivity contribution in [3.05, 3.63) is 0 Å². The topological polar surface area (TPSA) is 72.8 Å². The van der Waals surface area contributed by atoms with E-state index in [0.29, 0.717) is 6.42 Å². The van der Waals surface area contributed by atoms with Crippen LogP contribution in [0.5, 0.6) is 0 Å². The largest absolute Gasteiger partial charge is 0.474 e. The molecule has 0 bridgehead atoms. The Bertz CT molecular complexity index is 466. The third kappa shape index (κ3) is 14.9. The fourth-order valence-corrected chi connectivity index (χ4v) is 5.52. The van der Waals surface area contributed by atoms with Crippen LogP contribution in [0, 0.1) is 0 Å². The van der Waals surface area contributed by atoms with Gasteiger partial charge in [-0.15, -0.1) is 0 Å². The lowest BCUT2D eigenvalue weighted by Gasteiger charge is -2.27. The van der Waals surface area contributed by atoms with E-state index in [-0.39, 0.29) is 18.0 Å². The minimum absolute atomic E-state index is 0.181. The van der Waals surface area contributed by atoms with E-state index in [2.05, 4.69) is 13.8 Å². The lowest BCUT2D eigenvalue weighted by Crippen LogP contribution is -2.44. The zero-order chi connectivity index (χ0) is 24.1. The molecule has 32 heavy (non-hydrogen) atoms. The molecule has 0 aromatic heterocycles. The van der Waals surface area contributed by atoms with E-state index in [1.165, 1.54) is 64.2 Å². The van der Waals surface area contributed by atoms with Gasteiger partial charge in [0.15, 0.2) is 0 Å². The van der Waals surface area contributed by atoms with Crippen molar-refractivity contribution < 1.29 is 23.9 Å². The maximum atomic E-state index is 11.8. The predicted molar refractivity (Wildman–Crippen MR) is 138 cm³/mol. The van der Waals surface area contributed by atoms with Crippen LogP contribution in [0.25, 0.3) is 0 Å². The van der Waals surface area contributed by atoms with Crippen molar-refractivity contribution in [1.82, 2.24) is 0 Å². The van der Waals surface area contributed by atoms with Crippen molar-refractivity contribution in [3.63, 3.8) is 0 Å². The second kappa shape index (κ2) is 21.4. The lowest BCUT2D eigenvalue weighted by molar-refractivity contribution is -0.217. The summed E-state index contributed by atoms with van der Waals surface area (Å²) in [6, 6.07) is 0. The van der Waals surface area contributed by atoms with Crippen molar-refractivity contribution >= 4 is 26.2 Å². The normalized spacial score (nSPS) is 15.5. The van der Waals surface area contributed by atoms with Gasteiger partial charge in [0.2, 0.25) is 0 Å². The number of carboxylic acids is 1. The van der Waals surface area contributed by atoms with E-state index in [4.69, 9.17) is 9.47 Å². The Hall–Kier alpha value is -0.160. The highest BCUT2D eigenvalue weighted by Gasteiger charge is 2.53. The molecule has 4 atom stereocenters. The van der Waals surface area contributed by atoms with Crippen molar-refractivity contribution in [2.75, 3.05) is 12.4 Å². The van der Waals surface area contributed by atoms with Crippen LogP contribution in [-0.4, -0.2) is 40.3 Å². The number of ether oxygens (including phenoxy) is 2. The summed E-state index contributed by atoms with van der Waals surface area (Å²) >= 11 is 1.87. The summed E-state index contributed by atoms with van der Waals surface area (Å²) in [5.74, 6) is -0.255. The van der Waals surface area contributed by atoms with Gasteiger partial charge in [0, 0.05) is 5.25 Å². The number of hydrogen-bond acceptors (Lipinski definition) is 5. The standard InChI is InChI=1S/C25H49O5PS/c1-5-8-10-11-12-13-14-15-16-18-21-32-23(19-17-9-6-2)22(4)30-25(31-28,24(26)27)29-20-7-3/h22-23H,5-21H2,1-4H3,(H,26,27)/p+1. The number of rotatable bonds is 24. The third-order valence-corrected chi connectivity index (χ3v) is 8.04. The average Bonchev–Trinajstić information content (AvgIpc) is 2.78. The molecule has 0 aliphatic rings. The zero-order valence-corrected chi connectivity index (χ0v) is 23.0. The van der Waals surface area contributed by atoms with E-state index >= 15 is 0 Å². The molecule has 0 amide bonds. The Balaban J connectivity index is 4.47. The zero-order valence-electron chi connectivity index (χ0n) is 21.2. The van der Waals surface area contributed by atoms with Gasteiger partial charge in [-0.05, 0) is 31.9 Å². The van der Waals surface area contributed by atoms with E-state index in [9.17, 15) is 14.5 Å². The first-order valence-electron chi connectivity index (χ1n) is 13.0. The summed E-state index contributed by atoms with van der Waals surface area (Å²) < 4.78 is 23.0. The molecule has 0 spiro atoms. The quantitative estimate of drug-likeness (QED) is 0.0830. The van der Waals surface area contributed by atoms with Gasteiger partial charge in [-0.3, -0.25) is 4.74 Å². The molecule has 0 aliphatic heterocycles. The summed E-state index contributed by atoms with van der Waals surface area (Å²) in [4.78, 5) is 11.8. The van der Waals surface area contributed by atoms with Gasteiger partial charge >= 0.3 is 20.0 Å². The summed E-state index contributed by atoms with van der Waals surface area (Å²) in [5, 5.41) is 9.80. The van der Waals surface area contributed by atoms with E-state index in [1.54, 1.807) is 0 Å². The average molecular weight is 494 g/mol. The van der Waals surface area contributed by atoms with Crippen LogP contribution in [0.15, 0.2) is 0 Å². The second-order valence-electron chi connectivity index (χ2n) is 8.78. The van der Waals surface area contributed by atoms with Gasteiger partial charge in [-0.1, -0.05) is 102 Å². The maximum Gasteiger partial charge on any atom is 0.472 e. The number of unbranched alkanes of at least 4 members (excludes halogenated alkanes) is 11. The van der Waals surface area contributed by atoms with Crippen LogP contribution in [-0.2, 0) is 18.8 Å². The van der Waals surface area contributed by atoms with Gasteiger partial charge < -0.3 is 9.84 Å². The molecule has 0 saturated heterocycles. The third-order valence-electron chi connectivity index (χ3n) is 5.72. The van der Waals surface area contributed by atoms with Crippen molar-refractivity contribution in [2.45, 2.75) is 141 Å². The van der Waals surface area contributed by atoms with Crippen molar-refractivity contribution in [2.24, 2.45) is 0 Å². The summed E-state index contributed by atoms with van der Waals surface area (Å²) in [7, 11) is -1.20. The molecule has 0 aliphatic carbocycles. The summed E-state index contributed by atoms with van der Waals surface area (Å²) in [6.45, 7) is 8.43. The smallest absolute Gasteiger partial charge is 0.472 e. The van der Waals surface area contributed by atoms with Crippen molar-refractivity contribution in [1.29, 1.82) is 0 Å². The number of carbonyl (C=O) groups is 1. The van der Waals surface area contributed by atoms with Crippen LogP contribution in [0.4, 0.5) is 0 Å². The molecule has 0 fully saturated rings. The number of hydrogen-bond donors (Lipinski definition) is 1. The first-order chi connectivity index (χ1) is 15.5. The molecule has 0 saturated carbocycles. The SMILES string of the molecule is CCCCCCCCCCCCSC(CCCCC)C(C)OC(OCCC)([PH+]=O)C(=O)O. The molecule has 0 heterocycles. The first-order valence-corrected chi connectivity index (χ1v) is 15.0. The molecular weight excluding hydrogens is 443 g/mol. The summed E-state index contributed by atoms with van der Waals surface area (Å²) in [6.07, 6.45) is 17.9. The van der Waals surface area contributed by atoms with Crippen LogP contribution < -0.4 is 0 Å². The van der Waals surface area contributed by atoms with E-state index in [0.717, 1.165) is 31.4 Å². The molecule has 7 heteroatoms. The maximum absolute atomic E-state index is 11.8. The minimum atomic E-state index is -2.05. The van der Waals surface area contributed by atoms with Gasteiger partial charge in [0.1, 0.15) is 0 Å². The van der Waals surface area contributed by atoms with Gasteiger partial charge in [-0.2, -0.15) is 11.8 Å². The highest BCUT2D eigenvalue weighted by Crippen LogP contribution is 2.33. The Morgan fingerprint density at radius 2 is 1.41 bits per heavy atom. The lowest BCUT2D eigenvalue weighted by atomic mass is 10.1. The van der Waals surface area contributed by atoms with Gasteiger partial charge in [0.05, 0.1) is 12.7 Å². The molecule has 0 radical (unpaired) electrons. The van der Waals surface area contributed by atoms with Crippen molar-refractivity contribution in [3.8, 4) is 0 Å². The fourth-order valence-electron chi connectivity index (χ4n) is 3.70. The second-order valence-corrected chi connectivity index (χ2v) is 11.0. The fraction of sp³-hybridized carbons (Fsp3) is 0.960. The van der Waals surface area contributed by atoms with Crippen LogP contribution >= 0.6 is 20.2 Å². The summed E-state index contributed by atoms with van der Waals surface area (Å²) in [5.41, 5.74) is -2.05. The molecule has 1 N–H and O–H groups in total. The number of aliphatic carboxylic acids is 1. The molecule has 0 aromatic carbocycles. The Morgan fingerprint density at radius 3 is 1.91 bits per heavy atom. The van der Waals surface area contributed by atoms with Crippen LogP contribution in [0.3, 0.4) is 0 Å². The number of thioether (sulfide) groups is 1. The first kappa shape index (κ1) is 31.8. The monoisotopic (exact) mass is 493 g/mol. The highest BCUT2D eigenvalue weighted by molar-refractivity contribution is 7.99. The molecule has 190 valence electrons. The number of carboxylic acid groups (broad SMARTS) is 1. The van der Waals surface area contributed by atoms with E-state index < -0.39 is 20.0 Å². The van der Waals surface area contributed by atoms with Crippen LogP contribution in [0.1, 0.15) is 124 Å². The van der Waals surface area contributed by atoms with E-state index in [1.807, 2.05) is 25.6 Å². The Labute approximate surface area is 203 Å². The molecule has 4 unspecified atom stereocenters.